The second-order valence-corrected chi connectivity index (χ2v) is 12.3. The summed E-state index contributed by atoms with van der Waals surface area (Å²) in [7, 11) is 0. The topological polar surface area (TPSA) is 32.7 Å². The van der Waals surface area contributed by atoms with E-state index in [0.717, 1.165) is 29.7 Å². The first-order valence-corrected chi connectivity index (χ1v) is 13.5. The van der Waals surface area contributed by atoms with Crippen LogP contribution >= 0.6 is 0 Å². The van der Waals surface area contributed by atoms with Gasteiger partial charge in [0.15, 0.2) is 0 Å². The lowest BCUT2D eigenvalue weighted by molar-refractivity contribution is -0.133. The Balaban J connectivity index is 1.37. The minimum atomic E-state index is -0.227. The molecule has 0 bridgehead atoms. The molecule has 178 valence electrons. The van der Waals surface area contributed by atoms with Gasteiger partial charge in [0.25, 0.3) is 0 Å². The van der Waals surface area contributed by atoms with Gasteiger partial charge in [0, 0.05) is 17.8 Å². The lowest BCUT2D eigenvalue weighted by Gasteiger charge is -2.59. The zero-order chi connectivity index (χ0) is 23.0. The smallest absolute Gasteiger partial charge is 0.242 e. The summed E-state index contributed by atoms with van der Waals surface area (Å²) in [6.07, 6.45) is 12.5. The van der Waals surface area contributed by atoms with Crippen molar-refractivity contribution in [2.75, 3.05) is 0 Å². The third kappa shape index (κ3) is 3.04. The van der Waals surface area contributed by atoms with Crippen molar-refractivity contribution in [3.05, 3.63) is 35.6 Å². The van der Waals surface area contributed by atoms with Gasteiger partial charge in [-0.3, -0.25) is 4.79 Å². The molecule has 1 aromatic carbocycles. The van der Waals surface area contributed by atoms with Gasteiger partial charge in [0.05, 0.1) is 11.8 Å². The Morgan fingerprint density at radius 1 is 1.12 bits per heavy atom. The number of fused-ring (bicyclic) bond motifs is 7. The van der Waals surface area contributed by atoms with Crippen LogP contribution in [0.1, 0.15) is 96.6 Å². The van der Waals surface area contributed by atoms with E-state index in [4.69, 9.17) is 5.10 Å². The molecule has 4 fully saturated rings. The molecule has 8 atom stereocenters. The van der Waals surface area contributed by atoms with Gasteiger partial charge in [-0.1, -0.05) is 45.7 Å². The lowest BCUT2D eigenvalue weighted by Crippen LogP contribution is -2.52. The van der Waals surface area contributed by atoms with Crippen LogP contribution < -0.4 is 0 Å². The number of hydrogen-bond donors (Lipinski definition) is 0. The molecule has 1 aromatic rings. The Morgan fingerprint density at radius 3 is 2.76 bits per heavy atom. The Morgan fingerprint density at radius 2 is 1.97 bits per heavy atom. The molecule has 0 aromatic heterocycles. The number of carbonyl (C=O) groups excluding carboxylic acids is 1. The number of nitrogens with zero attached hydrogens (tertiary/aromatic N) is 2. The third-order valence-electron chi connectivity index (χ3n) is 11.0. The molecule has 3 nitrogen and oxygen atoms in total. The SMILES string of the molecule is CCC(=O)N1N=C2[C@@H](C[C@H]3[C@@H]4CC[C@@H]5CCCC[C@]5(C)[C@H]4CC[C@]23C)[C@@H]1c1cccc(F)c1. The normalized spacial score (nSPS) is 43.9. The van der Waals surface area contributed by atoms with Gasteiger partial charge in [-0.2, -0.15) is 5.10 Å². The quantitative estimate of drug-likeness (QED) is 0.471. The van der Waals surface area contributed by atoms with Gasteiger partial charge in [0.1, 0.15) is 5.82 Å². The third-order valence-corrected chi connectivity index (χ3v) is 11.0. The van der Waals surface area contributed by atoms with Crippen molar-refractivity contribution >= 4 is 11.6 Å². The van der Waals surface area contributed by atoms with E-state index in [9.17, 15) is 9.18 Å². The summed E-state index contributed by atoms with van der Waals surface area (Å²) in [6, 6.07) is 6.74. The summed E-state index contributed by atoms with van der Waals surface area (Å²) < 4.78 is 14.2. The van der Waals surface area contributed by atoms with Crippen LogP contribution in [-0.2, 0) is 4.79 Å². The Bertz CT molecular complexity index is 990. The number of benzene rings is 1. The van der Waals surface area contributed by atoms with E-state index in [2.05, 4.69) is 13.8 Å². The van der Waals surface area contributed by atoms with Crippen LogP contribution in [0.5, 0.6) is 0 Å². The zero-order valence-electron chi connectivity index (χ0n) is 20.5. The van der Waals surface area contributed by atoms with Crippen molar-refractivity contribution < 1.29 is 9.18 Å². The summed E-state index contributed by atoms with van der Waals surface area (Å²) in [5, 5.41) is 6.80. The highest BCUT2D eigenvalue weighted by atomic mass is 19.1. The molecule has 0 unspecified atom stereocenters. The van der Waals surface area contributed by atoms with Gasteiger partial charge in [-0.05, 0) is 91.7 Å². The molecule has 33 heavy (non-hydrogen) atoms. The molecule has 5 aliphatic rings. The summed E-state index contributed by atoms with van der Waals surface area (Å²) in [5.41, 5.74) is 2.76. The molecule has 1 heterocycles. The lowest BCUT2D eigenvalue weighted by atomic mass is 9.45. The molecule has 0 spiro atoms. The zero-order valence-corrected chi connectivity index (χ0v) is 20.5. The molecular formula is C29H39FN2O. The van der Waals surface area contributed by atoms with Crippen molar-refractivity contribution in [2.24, 2.45) is 45.5 Å². The molecule has 1 amide bonds. The van der Waals surface area contributed by atoms with Crippen LogP contribution in [0.3, 0.4) is 0 Å². The first kappa shape index (κ1) is 21.8. The van der Waals surface area contributed by atoms with Gasteiger partial charge < -0.3 is 0 Å². The molecule has 0 radical (unpaired) electrons. The molecule has 1 aliphatic heterocycles. The van der Waals surface area contributed by atoms with Crippen LogP contribution in [0, 0.1) is 46.2 Å². The summed E-state index contributed by atoms with van der Waals surface area (Å²) in [5.74, 6) is 3.25. The predicted molar refractivity (Wildman–Crippen MR) is 129 cm³/mol. The number of hydrogen-bond acceptors (Lipinski definition) is 2. The highest BCUT2D eigenvalue weighted by molar-refractivity contribution is 5.98. The van der Waals surface area contributed by atoms with E-state index in [0.29, 0.717) is 17.8 Å². The molecule has 0 N–H and O–H groups in total. The molecular weight excluding hydrogens is 411 g/mol. The molecule has 4 saturated carbocycles. The molecule has 4 heteroatoms. The Kier molecular flexibility index (Phi) is 5.05. The van der Waals surface area contributed by atoms with Crippen LogP contribution in [0.2, 0.25) is 0 Å². The van der Waals surface area contributed by atoms with Gasteiger partial charge in [-0.15, -0.1) is 0 Å². The predicted octanol–water partition coefficient (Wildman–Crippen LogP) is 7.13. The molecule has 0 saturated heterocycles. The van der Waals surface area contributed by atoms with Crippen LogP contribution in [-0.4, -0.2) is 16.6 Å². The largest absolute Gasteiger partial charge is 0.273 e. The van der Waals surface area contributed by atoms with E-state index in [-0.39, 0.29) is 29.1 Å². The number of hydrazone groups is 1. The first-order chi connectivity index (χ1) is 15.9. The summed E-state index contributed by atoms with van der Waals surface area (Å²) in [4.78, 5) is 12.9. The Labute approximate surface area is 198 Å². The highest BCUT2D eigenvalue weighted by Gasteiger charge is 2.64. The monoisotopic (exact) mass is 450 g/mol. The van der Waals surface area contributed by atoms with E-state index in [1.54, 1.807) is 17.1 Å². The fourth-order valence-corrected chi connectivity index (χ4v) is 9.43. The van der Waals surface area contributed by atoms with Gasteiger partial charge >= 0.3 is 0 Å². The Hall–Kier alpha value is -1.71. The number of rotatable bonds is 2. The second kappa shape index (κ2) is 7.65. The maximum absolute atomic E-state index is 14.2. The average molecular weight is 451 g/mol. The van der Waals surface area contributed by atoms with Crippen LogP contribution in [0.4, 0.5) is 4.39 Å². The minimum absolute atomic E-state index is 0.0511. The maximum atomic E-state index is 14.2. The van der Waals surface area contributed by atoms with E-state index in [1.807, 2.05) is 13.0 Å². The maximum Gasteiger partial charge on any atom is 0.242 e. The highest BCUT2D eigenvalue weighted by Crippen LogP contribution is 2.68. The first-order valence-electron chi connectivity index (χ1n) is 13.5. The average Bonchev–Trinajstić information content (AvgIpc) is 3.32. The minimum Gasteiger partial charge on any atom is -0.273 e. The summed E-state index contributed by atoms with van der Waals surface area (Å²) >= 11 is 0. The van der Waals surface area contributed by atoms with E-state index >= 15 is 0 Å². The standard InChI is InChI=1S/C29H39FN2O/c1-4-25(33)32-26(18-8-7-10-20(30)16-18)22-17-24-21-12-11-19-9-5-6-14-28(19,2)23(21)13-15-29(24,3)27(22)31-32/h7-8,10,16,19,21-24,26H,4-6,9,11-15,17H2,1-3H3/t19-,21+,22-,23-,24-,26-,28-,29-/m0/s1. The van der Waals surface area contributed by atoms with Gasteiger partial charge in [-0.25, -0.2) is 9.40 Å². The van der Waals surface area contributed by atoms with Crippen molar-refractivity contribution in [3.8, 4) is 0 Å². The second-order valence-electron chi connectivity index (χ2n) is 12.3. The number of amides is 1. The van der Waals surface area contributed by atoms with Gasteiger partial charge in [0.2, 0.25) is 5.91 Å². The van der Waals surface area contributed by atoms with Crippen molar-refractivity contribution in [3.63, 3.8) is 0 Å². The number of halogens is 1. The van der Waals surface area contributed by atoms with Crippen molar-refractivity contribution in [1.82, 2.24) is 5.01 Å². The van der Waals surface area contributed by atoms with Crippen molar-refractivity contribution in [1.29, 1.82) is 0 Å². The van der Waals surface area contributed by atoms with E-state index < -0.39 is 0 Å². The van der Waals surface area contributed by atoms with Crippen molar-refractivity contribution in [2.45, 2.75) is 91.0 Å². The fourth-order valence-electron chi connectivity index (χ4n) is 9.43. The molecule has 6 rings (SSSR count). The number of carbonyl (C=O) groups is 1. The molecule has 4 aliphatic carbocycles. The van der Waals surface area contributed by atoms with Crippen LogP contribution in [0.25, 0.3) is 0 Å². The van der Waals surface area contributed by atoms with E-state index in [1.165, 1.54) is 63.1 Å². The summed E-state index contributed by atoms with van der Waals surface area (Å²) in [6.45, 7) is 6.98. The fraction of sp³-hybridized carbons (Fsp3) is 0.724. The van der Waals surface area contributed by atoms with Crippen LogP contribution in [0.15, 0.2) is 29.4 Å².